The second-order valence-corrected chi connectivity index (χ2v) is 11.4. The van der Waals surface area contributed by atoms with Crippen molar-refractivity contribution >= 4 is 38.6 Å². The van der Waals surface area contributed by atoms with Crippen LogP contribution in [0.15, 0.2) is 72.8 Å². The van der Waals surface area contributed by atoms with Crippen LogP contribution in [0, 0.1) is 27.7 Å². The Morgan fingerprint density at radius 1 is 0.583 bits per heavy atom. The molecular weight excluding hydrogens is 438 g/mol. The Kier molecular flexibility index (Phi) is 4.95. The van der Waals surface area contributed by atoms with Crippen LogP contribution in [0.1, 0.15) is 48.6 Å². The summed E-state index contributed by atoms with van der Waals surface area (Å²) in [5.41, 5.74) is 9.93. The predicted molar refractivity (Wildman–Crippen MR) is 154 cm³/mol. The van der Waals surface area contributed by atoms with Gasteiger partial charge in [-0.2, -0.15) is 0 Å². The quantitative estimate of drug-likeness (QED) is 0.236. The summed E-state index contributed by atoms with van der Waals surface area (Å²) in [5, 5.41) is 4.89. The maximum absolute atomic E-state index is 6.67. The minimum Gasteiger partial charge on any atom is -0.453 e. The molecule has 1 heterocycles. The van der Waals surface area contributed by atoms with Crippen molar-refractivity contribution in [3.63, 3.8) is 0 Å². The summed E-state index contributed by atoms with van der Waals surface area (Å²) in [6.45, 7) is 15.7. The fourth-order valence-electron chi connectivity index (χ4n) is 5.74. The summed E-state index contributed by atoms with van der Waals surface area (Å²) in [5.74, 6) is 1.80. The molecule has 0 unspecified atom stereocenters. The molecule has 0 spiro atoms. The molecule has 1 aliphatic heterocycles. The van der Waals surface area contributed by atoms with Gasteiger partial charge in [-0.1, -0.05) is 87.0 Å². The lowest BCUT2D eigenvalue weighted by Gasteiger charge is -2.37. The molecule has 180 valence electrons. The molecule has 2 heteroatoms. The van der Waals surface area contributed by atoms with Gasteiger partial charge in [-0.3, -0.25) is 0 Å². The third-order valence-corrected chi connectivity index (χ3v) is 7.55. The molecule has 0 saturated heterocycles. The van der Waals surface area contributed by atoms with Crippen LogP contribution in [-0.2, 0) is 5.41 Å². The number of hydrogen-bond acceptors (Lipinski definition) is 2. The van der Waals surface area contributed by atoms with Crippen molar-refractivity contribution in [2.24, 2.45) is 0 Å². The van der Waals surface area contributed by atoms with E-state index in [0.29, 0.717) is 0 Å². The summed E-state index contributed by atoms with van der Waals surface area (Å²) >= 11 is 0. The lowest BCUT2D eigenvalue weighted by molar-refractivity contribution is 0.478. The molecule has 0 aliphatic carbocycles. The highest BCUT2D eigenvalue weighted by atomic mass is 16.5. The van der Waals surface area contributed by atoms with Crippen LogP contribution in [0.5, 0.6) is 11.5 Å². The Morgan fingerprint density at radius 2 is 1.25 bits per heavy atom. The van der Waals surface area contributed by atoms with Crippen molar-refractivity contribution in [2.45, 2.75) is 53.9 Å². The van der Waals surface area contributed by atoms with Gasteiger partial charge in [-0.25, -0.2) is 0 Å². The number of benzene rings is 5. The highest BCUT2D eigenvalue weighted by Crippen LogP contribution is 2.57. The van der Waals surface area contributed by atoms with Crippen LogP contribution in [0.2, 0.25) is 0 Å². The van der Waals surface area contributed by atoms with Gasteiger partial charge in [-0.05, 0) is 78.3 Å². The summed E-state index contributed by atoms with van der Waals surface area (Å²) in [7, 11) is 0. The summed E-state index contributed by atoms with van der Waals surface area (Å²) < 4.78 is 6.67. The second-order valence-electron chi connectivity index (χ2n) is 11.4. The minimum atomic E-state index is 0.0862. The molecule has 5 aromatic carbocycles. The van der Waals surface area contributed by atoms with Gasteiger partial charge in [-0.15, -0.1) is 0 Å². The number of aryl methyl sites for hydroxylation is 4. The van der Waals surface area contributed by atoms with Crippen molar-refractivity contribution in [1.82, 2.24) is 0 Å². The van der Waals surface area contributed by atoms with E-state index >= 15 is 0 Å². The van der Waals surface area contributed by atoms with E-state index in [0.717, 1.165) is 22.9 Å². The molecule has 0 saturated carbocycles. The molecule has 0 N–H and O–H groups in total. The topological polar surface area (TPSA) is 12.5 Å². The largest absolute Gasteiger partial charge is 0.453 e. The van der Waals surface area contributed by atoms with Gasteiger partial charge in [0.15, 0.2) is 11.5 Å². The molecular formula is C34H33NO. The number of rotatable bonds is 1. The summed E-state index contributed by atoms with van der Waals surface area (Å²) in [6.07, 6.45) is 0. The van der Waals surface area contributed by atoms with Crippen LogP contribution in [0.4, 0.5) is 17.1 Å². The Bertz CT molecular complexity index is 1660. The van der Waals surface area contributed by atoms with E-state index in [1.807, 2.05) is 0 Å². The van der Waals surface area contributed by atoms with Gasteiger partial charge in [0, 0.05) is 10.8 Å². The van der Waals surface area contributed by atoms with Gasteiger partial charge in [0.1, 0.15) is 0 Å². The fraction of sp³-hybridized carbons (Fsp3) is 0.235. The average Bonchev–Trinajstić information content (AvgIpc) is 2.82. The van der Waals surface area contributed by atoms with Gasteiger partial charge in [0.05, 0.1) is 17.1 Å². The smallest absolute Gasteiger partial charge is 0.152 e. The predicted octanol–water partition coefficient (Wildman–Crippen LogP) is 10.1. The van der Waals surface area contributed by atoms with Gasteiger partial charge < -0.3 is 9.64 Å². The van der Waals surface area contributed by atoms with Crippen molar-refractivity contribution in [3.05, 3.63) is 101 Å². The molecule has 0 aromatic heterocycles. The van der Waals surface area contributed by atoms with Crippen LogP contribution < -0.4 is 9.64 Å². The number of hydrogen-bond donors (Lipinski definition) is 0. The number of fused-ring (bicyclic) bond motifs is 6. The van der Waals surface area contributed by atoms with Crippen LogP contribution in [-0.4, -0.2) is 0 Å². The van der Waals surface area contributed by atoms with Gasteiger partial charge >= 0.3 is 0 Å². The molecule has 0 atom stereocenters. The normalized spacial score (nSPS) is 13.0. The minimum absolute atomic E-state index is 0.0862. The highest BCUT2D eigenvalue weighted by molar-refractivity contribution is 6.11. The van der Waals surface area contributed by atoms with Crippen molar-refractivity contribution in [2.75, 3.05) is 4.90 Å². The lowest BCUT2D eigenvalue weighted by atomic mass is 9.84. The lowest BCUT2D eigenvalue weighted by Crippen LogP contribution is -2.20. The Labute approximate surface area is 214 Å². The van der Waals surface area contributed by atoms with E-state index in [1.165, 1.54) is 55.0 Å². The number of nitrogens with zero attached hydrogens (tertiary/aromatic N) is 1. The molecule has 5 aromatic rings. The fourth-order valence-corrected chi connectivity index (χ4v) is 5.74. The van der Waals surface area contributed by atoms with Crippen LogP contribution in [0.25, 0.3) is 21.5 Å². The third kappa shape index (κ3) is 3.39. The van der Waals surface area contributed by atoms with E-state index < -0.39 is 0 Å². The number of anilines is 3. The van der Waals surface area contributed by atoms with Crippen molar-refractivity contribution < 1.29 is 4.74 Å². The number of ether oxygens (including phenoxy) is 1. The second kappa shape index (κ2) is 7.86. The molecule has 0 radical (unpaired) electrons. The van der Waals surface area contributed by atoms with E-state index in [1.54, 1.807) is 0 Å². The zero-order valence-electron chi connectivity index (χ0n) is 22.3. The average molecular weight is 472 g/mol. The summed E-state index contributed by atoms with van der Waals surface area (Å²) in [4.78, 5) is 2.48. The van der Waals surface area contributed by atoms with Crippen LogP contribution in [0.3, 0.4) is 0 Å². The first-order chi connectivity index (χ1) is 17.1. The van der Waals surface area contributed by atoms with Crippen molar-refractivity contribution in [1.29, 1.82) is 0 Å². The van der Waals surface area contributed by atoms with E-state index in [-0.39, 0.29) is 5.41 Å². The highest BCUT2D eigenvalue weighted by Gasteiger charge is 2.32. The zero-order chi connectivity index (χ0) is 25.4. The molecule has 6 rings (SSSR count). The third-order valence-electron chi connectivity index (χ3n) is 7.55. The van der Waals surface area contributed by atoms with E-state index in [9.17, 15) is 0 Å². The Hall–Kier alpha value is -3.78. The zero-order valence-corrected chi connectivity index (χ0v) is 22.3. The first-order valence-electron chi connectivity index (χ1n) is 12.8. The molecule has 1 aliphatic rings. The van der Waals surface area contributed by atoms with E-state index in [2.05, 4.69) is 126 Å². The van der Waals surface area contributed by atoms with Gasteiger partial charge in [0.2, 0.25) is 0 Å². The standard InChI is InChI=1S/C34H33NO/c1-20-12-14-27-24(16-20)13-15-29-32(27)35(31-22(3)17-25(18-23(31)4)34(5,6)7)33-28-11-9-8-10-26(28)21(2)19-30(33)36-29/h8-19H,1-7H3. The van der Waals surface area contributed by atoms with Gasteiger partial charge in [0.25, 0.3) is 0 Å². The Balaban J connectivity index is 1.76. The molecule has 0 bridgehead atoms. The van der Waals surface area contributed by atoms with E-state index in [4.69, 9.17) is 4.74 Å². The monoisotopic (exact) mass is 471 g/mol. The van der Waals surface area contributed by atoms with Crippen molar-refractivity contribution in [3.8, 4) is 11.5 Å². The maximum atomic E-state index is 6.67. The van der Waals surface area contributed by atoms with Crippen LogP contribution >= 0.6 is 0 Å². The summed E-state index contributed by atoms with van der Waals surface area (Å²) in [6, 6.07) is 26.6. The molecule has 0 amide bonds. The maximum Gasteiger partial charge on any atom is 0.152 e. The SMILES string of the molecule is Cc1ccc2c3c(ccc2c1)Oc1cc(C)c2ccccc2c1N3c1c(C)cc(C(C)(C)C)cc1C. The molecule has 0 fully saturated rings. The Morgan fingerprint density at radius 3 is 1.94 bits per heavy atom. The first kappa shape index (κ1) is 22.7. The molecule has 36 heavy (non-hydrogen) atoms. The molecule has 2 nitrogen and oxygen atoms in total. The first-order valence-corrected chi connectivity index (χ1v) is 12.8.